The monoisotopic (exact) mass is 1810 g/mol. The molecule has 128 heavy (non-hydrogen) atoms. The molecule has 20 rings (SSSR count). The van der Waals surface area contributed by atoms with Crippen LogP contribution >= 0.6 is 35.3 Å². The second kappa shape index (κ2) is 37.5. The van der Waals surface area contributed by atoms with Crippen LogP contribution in [-0.2, 0) is 6.54 Å². The number of ether oxygens (including phenoxy) is 5. The number of nitrogens with zero attached hydrogens (tertiary/aromatic N) is 17. The van der Waals surface area contributed by atoms with Crippen molar-refractivity contribution in [3.05, 3.63) is 206 Å². The number of hydrogen-bond donors (Lipinski definition) is 12. The summed E-state index contributed by atoms with van der Waals surface area (Å²) in [4.78, 5) is 71.0. The fourth-order valence-electron chi connectivity index (χ4n) is 13.6. The number of nitrogens with one attached hydrogen (secondary N) is 11. The molecule has 0 spiro atoms. The maximum Gasteiger partial charge on any atom is 0.387 e. The van der Waals surface area contributed by atoms with Crippen LogP contribution < -0.4 is 72.0 Å². The van der Waals surface area contributed by atoms with Crippen LogP contribution in [0.2, 0.25) is 0 Å². The summed E-state index contributed by atoms with van der Waals surface area (Å²) in [6.45, 7) is -5.14. The van der Waals surface area contributed by atoms with Crippen LogP contribution in [0.4, 0.5) is 80.6 Å². The van der Waals surface area contributed by atoms with Gasteiger partial charge in [-0.05, 0) is 48.5 Å². The zero-order valence-corrected chi connectivity index (χ0v) is 68.1. The maximum absolute atomic E-state index is 13.2. The van der Waals surface area contributed by atoms with Gasteiger partial charge < -0.3 is 72.0 Å². The number of H-pyrrole nitrogens is 3. The SMILES string of the molecule is C=C1CSc2cc(-c3[nH]ncc3NC(=O)c3cnn4cccnc34)c(OC(F)F)cc2N1.NCCn1cc(NC(=O)c2cnn3cccnc23)c(-c2cc3c(cc2OC(F)F)NCCS3)n1.O=C(Nc1cn[nH]c1-c1cc2c(cc1OC(F)F)NCCO2)c1cnn2cccnc12.O=C(Nc1cn[nH]c1-c1cc2c(cc1OC(F)F)NCCS2)c1cnn2cccnc12. The molecule has 0 saturated carbocycles. The molecule has 0 radical (unpaired) electrons. The van der Waals surface area contributed by atoms with Gasteiger partial charge in [-0.15, -0.1) is 35.3 Å². The summed E-state index contributed by atoms with van der Waals surface area (Å²) in [7, 11) is 0. The fraction of sp³-hybridized carbons (Fsp3) is 0.165. The standard InChI is InChI=1S/C21H20F2N8O2S.C20H15F2N7O2S.C19H15F2N7O3.C19H15F2N7O2S/c22-21(23)33-16-9-14-17(34-7-4-25-14)8-12(16)18-15(11-30(29-18)6-2-24)28-20(32)13-10-27-31-5-1-3-26-19(13)31;1-10-9-32-16-5-11(15(31-20(21)22)6-13(16)26-10)17-14(8-24-28-17)27-19(30)12-7-25-29-4-2-3-23-18(12)29;20-19(21)31-14-7-12-15(30-5-3-22-12)6-10(14)16-13(9-24-27-16)26-18(29)11-8-25-28-4-1-2-23-17(11)28;20-19(21)30-14-7-12-15(31-5-3-22-12)6-10(14)16-13(9-24-27-16)26-18(29)11-8-25-28-4-1-2-23-17(11)28/h1,3,5,8-11,21,25H,2,4,6-7,24H2,(H,28,32);2-8,20,26H,1,9H2,(H,24,28)(H,27,30);2*1-2,4,6-9,19,22H,3,5H2,(H,24,27)(H,26,29). The quantitative estimate of drug-likeness (QED) is 0.0280. The number of anilines is 8. The molecule has 13 N–H and O–H groups in total. The van der Waals surface area contributed by atoms with Gasteiger partial charge in [0.15, 0.2) is 22.6 Å². The van der Waals surface area contributed by atoms with E-state index < -0.39 is 50.1 Å². The summed E-state index contributed by atoms with van der Waals surface area (Å²) in [6.07, 6.45) is 24.3. The Kier molecular flexibility index (Phi) is 24.8. The van der Waals surface area contributed by atoms with Crippen molar-refractivity contribution in [1.82, 2.24) is 98.8 Å². The number of alkyl halides is 8. The average molecular weight is 1810 g/mol. The number of carbonyl (C=O) groups excluding carboxylic acids is 4. The van der Waals surface area contributed by atoms with Crippen molar-refractivity contribution >= 4 is 127 Å². The van der Waals surface area contributed by atoms with Gasteiger partial charge in [-0.1, -0.05) is 6.58 Å². The van der Waals surface area contributed by atoms with Gasteiger partial charge in [0.1, 0.15) is 63.3 Å². The highest BCUT2D eigenvalue weighted by Crippen LogP contribution is 2.48. The van der Waals surface area contributed by atoms with Crippen LogP contribution in [0.5, 0.6) is 28.7 Å². The Bertz CT molecular complexity index is 6660. The molecule has 16 aromatic rings. The molecule has 4 amide bonds. The summed E-state index contributed by atoms with van der Waals surface area (Å²) in [5, 5.41) is 64.7. The highest BCUT2D eigenvalue weighted by molar-refractivity contribution is 8.00. The number of aromatic nitrogens is 20. The molecule has 0 bridgehead atoms. The Labute approximate surface area is 726 Å². The number of hydrogen-bond acceptors (Lipinski definition) is 29. The molecule has 0 fully saturated rings. The van der Waals surface area contributed by atoms with E-state index in [0.717, 1.165) is 44.1 Å². The van der Waals surface area contributed by atoms with Gasteiger partial charge in [0, 0.05) is 166 Å². The van der Waals surface area contributed by atoms with E-state index in [1.165, 1.54) is 97.5 Å². The van der Waals surface area contributed by atoms with Crippen molar-refractivity contribution in [2.75, 3.05) is 92.6 Å². The molecular weight excluding hydrogens is 1750 g/mol. The molecule has 16 heterocycles. The summed E-state index contributed by atoms with van der Waals surface area (Å²) in [5.41, 5.74) is 15.3. The molecule has 38 nitrogen and oxygen atoms in total. The minimum Gasteiger partial charge on any atom is -0.490 e. The lowest BCUT2D eigenvalue weighted by atomic mass is 10.1. The first-order chi connectivity index (χ1) is 62.2. The molecule has 4 aromatic carbocycles. The summed E-state index contributed by atoms with van der Waals surface area (Å²) in [6, 6.07) is 19.5. The van der Waals surface area contributed by atoms with Gasteiger partial charge in [-0.25, -0.2) is 38.0 Å². The van der Waals surface area contributed by atoms with E-state index in [9.17, 15) is 54.3 Å². The van der Waals surface area contributed by atoms with E-state index in [-0.39, 0.29) is 67.9 Å². The van der Waals surface area contributed by atoms with Crippen molar-refractivity contribution in [2.45, 2.75) is 47.7 Å². The smallest absolute Gasteiger partial charge is 0.387 e. The Balaban J connectivity index is 0.000000120. The van der Waals surface area contributed by atoms with E-state index in [0.29, 0.717) is 129 Å². The molecule has 0 saturated heterocycles. The second-order valence-electron chi connectivity index (χ2n) is 27.3. The Morgan fingerprint density at radius 3 is 1.24 bits per heavy atom. The number of rotatable bonds is 22. The van der Waals surface area contributed by atoms with Gasteiger partial charge in [-0.3, -0.25) is 39.2 Å². The van der Waals surface area contributed by atoms with Crippen LogP contribution in [0.3, 0.4) is 0 Å². The summed E-state index contributed by atoms with van der Waals surface area (Å²) < 4.78 is 137. The molecule has 0 aliphatic carbocycles. The molecule has 654 valence electrons. The average Bonchev–Trinajstić information content (AvgIpc) is 1.54. The van der Waals surface area contributed by atoms with Crippen molar-refractivity contribution < 1.29 is 78.0 Å². The Morgan fingerprint density at radius 2 is 0.828 bits per heavy atom. The zero-order chi connectivity index (χ0) is 88.6. The van der Waals surface area contributed by atoms with Crippen molar-refractivity contribution in [1.29, 1.82) is 0 Å². The normalized spacial score (nSPS) is 13.1. The van der Waals surface area contributed by atoms with Crippen molar-refractivity contribution in [3.63, 3.8) is 0 Å². The fourth-order valence-corrected chi connectivity index (χ4v) is 16.3. The van der Waals surface area contributed by atoms with E-state index in [4.69, 9.17) is 29.4 Å². The topological polar surface area (TPSA) is 461 Å². The zero-order valence-electron chi connectivity index (χ0n) is 65.6. The van der Waals surface area contributed by atoms with Gasteiger partial charge in [0.25, 0.3) is 23.6 Å². The summed E-state index contributed by atoms with van der Waals surface area (Å²) in [5.74, 6) is 0.668. The van der Waals surface area contributed by atoms with Crippen LogP contribution in [0.1, 0.15) is 41.4 Å². The maximum atomic E-state index is 13.2. The number of nitrogens with two attached hydrogens (primary N) is 1. The Hall–Kier alpha value is -15.5. The minimum absolute atomic E-state index is 0.0267. The highest BCUT2D eigenvalue weighted by Gasteiger charge is 2.31. The molecular formula is C79H65F8N29O9S3. The first kappa shape index (κ1) is 84.7. The van der Waals surface area contributed by atoms with Crippen LogP contribution in [0.25, 0.3) is 67.6 Å². The highest BCUT2D eigenvalue weighted by atomic mass is 32.2. The second-order valence-corrected chi connectivity index (χ2v) is 30.5. The number of amides is 4. The van der Waals surface area contributed by atoms with Crippen molar-refractivity contribution in [3.8, 4) is 73.8 Å². The predicted molar refractivity (Wildman–Crippen MR) is 455 cm³/mol. The first-order valence-corrected chi connectivity index (χ1v) is 41.2. The van der Waals surface area contributed by atoms with Crippen LogP contribution in [0, 0.1) is 0 Å². The van der Waals surface area contributed by atoms with Crippen molar-refractivity contribution in [2.24, 2.45) is 5.73 Å². The van der Waals surface area contributed by atoms with Crippen LogP contribution in [0.15, 0.2) is 199 Å². The Morgan fingerprint density at radius 1 is 0.461 bits per heavy atom. The number of carbonyl (C=O) groups is 4. The molecule has 49 heteroatoms. The van der Waals surface area contributed by atoms with E-state index in [2.05, 4.69) is 125 Å². The lowest BCUT2D eigenvalue weighted by molar-refractivity contribution is -0.0501. The van der Waals surface area contributed by atoms with E-state index >= 15 is 0 Å². The van der Waals surface area contributed by atoms with E-state index in [1.807, 2.05) is 0 Å². The molecule has 12 aromatic heterocycles. The molecule has 0 unspecified atom stereocenters. The third-order valence-corrected chi connectivity index (χ3v) is 22.4. The number of aromatic amines is 3. The minimum atomic E-state index is -3.04. The van der Waals surface area contributed by atoms with Gasteiger partial charge in [0.05, 0.1) is 113 Å². The van der Waals surface area contributed by atoms with Gasteiger partial charge in [0.2, 0.25) is 0 Å². The van der Waals surface area contributed by atoms with E-state index in [1.54, 1.807) is 133 Å². The predicted octanol–water partition coefficient (Wildman–Crippen LogP) is 13.2. The number of halogens is 8. The van der Waals surface area contributed by atoms with Gasteiger partial charge in [-0.2, -0.15) is 75.9 Å². The summed E-state index contributed by atoms with van der Waals surface area (Å²) >= 11 is 4.70. The largest absolute Gasteiger partial charge is 0.490 e. The number of thioether (sulfide) groups is 3. The molecule has 4 aliphatic heterocycles. The van der Waals surface area contributed by atoms with Crippen LogP contribution in [-0.4, -0.2) is 199 Å². The lowest BCUT2D eigenvalue weighted by Gasteiger charge is -2.22. The molecule has 0 atom stereocenters. The lowest BCUT2D eigenvalue weighted by Crippen LogP contribution is -2.18. The third kappa shape index (κ3) is 18.5. The van der Waals surface area contributed by atoms with Gasteiger partial charge >= 0.3 is 26.4 Å². The molecule has 4 aliphatic rings. The third-order valence-electron chi connectivity index (χ3n) is 19.1. The number of fused-ring (bicyclic) bond motifs is 8. The first-order valence-electron chi connectivity index (χ1n) is 38.2. The number of benzene rings is 4.